The van der Waals surface area contributed by atoms with E-state index in [9.17, 15) is 18.0 Å². The quantitative estimate of drug-likeness (QED) is 0.562. The maximum absolute atomic E-state index is 12.9. The molecule has 3 aromatic rings. The van der Waals surface area contributed by atoms with Crippen LogP contribution in [0, 0.1) is 11.8 Å². The minimum Gasteiger partial charge on any atom is -0.481 e. The van der Waals surface area contributed by atoms with Crippen LogP contribution in [0.15, 0.2) is 48.7 Å². The number of fused-ring (bicyclic) bond motifs is 1. The van der Waals surface area contributed by atoms with E-state index in [-0.39, 0.29) is 24.4 Å². The number of imidazole rings is 1. The number of nitrogens with zero attached hydrogens (tertiary/aromatic N) is 3. The summed E-state index contributed by atoms with van der Waals surface area (Å²) in [5, 5.41) is 8.78. The molecule has 5 nitrogen and oxygen atoms in total. The summed E-state index contributed by atoms with van der Waals surface area (Å²) in [4.78, 5) is 17.2. The van der Waals surface area contributed by atoms with Crippen LogP contribution < -0.4 is 0 Å². The van der Waals surface area contributed by atoms with Crippen LogP contribution in [0.5, 0.6) is 0 Å². The summed E-state index contributed by atoms with van der Waals surface area (Å²) in [6.45, 7) is 1.01. The minimum absolute atomic E-state index is 0. The molecular weight excluding hydrogens is 431 g/mol. The number of hydrogen-bond donors (Lipinski definition) is 1. The number of halogens is 4. The van der Waals surface area contributed by atoms with Crippen molar-refractivity contribution in [3.63, 3.8) is 0 Å². The number of alkyl halides is 3. The van der Waals surface area contributed by atoms with E-state index < -0.39 is 17.7 Å². The van der Waals surface area contributed by atoms with Gasteiger partial charge in [0.25, 0.3) is 0 Å². The molecule has 1 aromatic carbocycles. The first kappa shape index (κ1) is 24.3. The van der Waals surface area contributed by atoms with Gasteiger partial charge in [-0.2, -0.15) is 13.2 Å². The zero-order valence-electron chi connectivity index (χ0n) is 16.7. The van der Waals surface area contributed by atoms with Gasteiger partial charge in [0.1, 0.15) is 11.3 Å². The molecule has 164 valence electrons. The highest BCUT2D eigenvalue weighted by Crippen LogP contribution is 2.29. The monoisotopic (exact) mass is 451 g/mol. The number of carbonyl (C=O) groups is 1. The zero-order chi connectivity index (χ0) is 21.7. The van der Waals surface area contributed by atoms with Gasteiger partial charge in [0.05, 0.1) is 11.3 Å². The van der Waals surface area contributed by atoms with Crippen molar-refractivity contribution in [2.24, 2.45) is 0 Å². The fourth-order valence-corrected chi connectivity index (χ4v) is 3.03. The lowest BCUT2D eigenvalue weighted by atomic mass is 10.1. The molecule has 2 aromatic heterocycles. The van der Waals surface area contributed by atoms with E-state index in [1.165, 1.54) is 12.1 Å². The van der Waals surface area contributed by atoms with Crippen molar-refractivity contribution < 1.29 is 23.1 Å². The third kappa shape index (κ3) is 6.48. The molecule has 1 N–H and O–H groups in total. The largest absolute Gasteiger partial charge is 0.481 e. The van der Waals surface area contributed by atoms with Crippen LogP contribution >= 0.6 is 12.4 Å². The van der Waals surface area contributed by atoms with Gasteiger partial charge in [0.2, 0.25) is 0 Å². The molecule has 0 radical (unpaired) electrons. The van der Waals surface area contributed by atoms with Crippen molar-refractivity contribution in [3.8, 4) is 11.8 Å². The highest BCUT2D eigenvalue weighted by molar-refractivity contribution is 5.85. The molecule has 9 heteroatoms. The van der Waals surface area contributed by atoms with E-state index in [1.54, 1.807) is 10.6 Å². The summed E-state index contributed by atoms with van der Waals surface area (Å²) in [7, 11) is 1.86. The Hall–Kier alpha value is -3.02. The molecule has 0 amide bonds. The van der Waals surface area contributed by atoms with Gasteiger partial charge in [0.15, 0.2) is 0 Å². The molecule has 0 fully saturated rings. The Bertz CT molecular complexity index is 1120. The Morgan fingerprint density at radius 2 is 1.97 bits per heavy atom. The first-order chi connectivity index (χ1) is 14.2. The molecule has 2 heterocycles. The molecule has 31 heavy (non-hydrogen) atoms. The van der Waals surface area contributed by atoms with E-state index in [0.29, 0.717) is 36.5 Å². The average Bonchev–Trinajstić information content (AvgIpc) is 3.02. The predicted octanol–water partition coefficient (Wildman–Crippen LogP) is 4.47. The van der Waals surface area contributed by atoms with Crippen LogP contribution in [-0.4, -0.2) is 39.0 Å². The van der Waals surface area contributed by atoms with Gasteiger partial charge in [-0.25, -0.2) is 4.98 Å². The molecule has 0 aliphatic carbocycles. The van der Waals surface area contributed by atoms with Gasteiger partial charge in [0, 0.05) is 24.7 Å². The number of carboxylic acid groups (broad SMARTS) is 1. The molecule has 0 aliphatic heterocycles. The number of benzene rings is 1. The highest BCUT2D eigenvalue weighted by Gasteiger charge is 2.30. The number of carboxylic acids is 1. The Kier molecular flexibility index (Phi) is 8.08. The van der Waals surface area contributed by atoms with Crippen LogP contribution in [0.3, 0.4) is 0 Å². The van der Waals surface area contributed by atoms with E-state index in [1.807, 2.05) is 30.1 Å². The van der Waals surface area contributed by atoms with Gasteiger partial charge in [-0.3, -0.25) is 9.20 Å². The number of pyridine rings is 1. The summed E-state index contributed by atoms with van der Waals surface area (Å²) in [6.07, 6.45) is -2.04. The van der Waals surface area contributed by atoms with Crippen molar-refractivity contribution in [2.45, 2.75) is 25.6 Å². The number of aliphatic carboxylic acids is 1. The molecule has 0 bridgehead atoms. The predicted molar refractivity (Wildman–Crippen MR) is 113 cm³/mol. The SMILES string of the molecule is CN(CCCC(=O)O)Cc1nc2ccccn2c1C#Cc1cccc(C(F)(F)F)c1.Cl. The molecular formula is C22H21ClF3N3O2. The van der Waals surface area contributed by atoms with E-state index in [2.05, 4.69) is 16.8 Å². The molecule has 0 saturated carbocycles. The van der Waals surface area contributed by atoms with E-state index in [4.69, 9.17) is 5.11 Å². The second-order valence-electron chi connectivity index (χ2n) is 6.90. The van der Waals surface area contributed by atoms with Gasteiger partial charge < -0.3 is 10.0 Å². The molecule has 0 atom stereocenters. The maximum Gasteiger partial charge on any atom is 0.416 e. The first-order valence-electron chi connectivity index (χ1n) is 9.29. The lowest BCUT2D eigenvalue weighted by Gasteiger charge is -2.14. The van der Waals surface area contributed by atoms with Crippen LogP contribution in [0.25, 0.3) is 5.65 Å². The topological polar surface area (TPSA) is 57.8 Å². The van der Waals surface area contributed by atoms with Crippen molar-refractivity contribution in [1.82, 2.24) is 14.3 Å². The van der Waals surface area contributed by atoms with Gasteiger partial charge in [-0.05, 0) is 56.3 Å². The minimum atomic E-state index is -4.43. The fourth-order valence-electron chi connectivity index (χ4n) is 3.03. The highest BCUT2D eigenvalue weighted by atomic mass is 35.5. The summed E-state index contributed by atoms with van der Waals surface area (Å²) in [5.41, 5.74) is 1.47. The fraction of sp³-hybridized carbons (Fsp3) is 0.273. The molecule has 0 unspecified atom stereocenters. The number of aromatic nitrogens is 2. The Morgan fingerprint density at radius 1 is 1.19 bits per heavy atom. The van der Waals surface area contributed by atoms with Gasteiger partial charge >= 0.3 is 12.1 Å². The van der Waals surface area contributed by atoms with Crippen molar-refractivity contribution in [1.29, 1.82) is 0 Å². The Labute approximate surface area is 183 Å². The third-order valence-electron chi connectivity index (χ3n) is 4.47. The summed E-state index contributed by atoms with van der Waals surface area (Å²) < 4.78 is 40.6. The third-order valence-corrected chi connectivity index (χ3v) is 4.47. The number of hydrogen-bond acceptors (Lipinski definition) is 3. The Balaban J connectivity index is 0.00000341. The molecule has 0 saturated heterocycles. The lowest BCUT2D eigenvalue weighted by Crippen LogP contribution is -2.20. The number of rotatable bonds is 6. The van der Waals surface area contributed by atoms with Gasteiger partial charge in [-0.15, -0.1) is 12.4 Å². The second-order valence-corrected chi connectivity index (χ2v) is 6.90. The smallest absolute Gasteiger partial charge is 0.416 e. The maximum atomic E-state index is 12.9. The summed E-state index contributed by atoms with van der Waals surface area (Å²) in [6, 6.07) is 10.4. The lowest BCUT2D eigenvalue weighted by molar-refractivity contribution is -0.138. The summed E-state index contributed by atoms with van der Waals surface area (Å²) >= 11 is 0. The Morgan fingerprint density at radius 3 is 2.68 bits per heavy atom. The van der Waals surface area contributed by atoms with Crippen LogP contribution in [-0.2, 0) is 17.5 Å². The van der Waals surface area contributed by atoms with Gasteiger partial charge in [-0.1, -0.05) is 18.1 Å². The molecule has 0 spiro atoms. The van der Waals surface area contributed by atoms with Crippen LogP contribution in [0.2, 0.25) is 0 Å². The van der Waals surface area contributed by atoms with Crippen molar-refractivity contribution >= 4 is 24.0 Å². The summed E-state index contributed by atoms with van der Waals surface area (Å²) in [5.74, 6) is 4.95. The molecule has 3 rings (SSSR count). The average molecular weight is 452 g/mol. The van der Waals surface area contributed by atoms with Crippen molar-refractivity contribution in [3.05, 3.63) is 71.2 Å². The second kappa shape index (κ2) is 10.3. The zero-order valence-corrected chi connectivity index (χ0v) is 17.5. The normalized spacial score (nSPS) is 11.1. The van der Waals surface area contributed by atoms with E-state index in [0.717, 1.165) is 12.1 Å². The first-order valence-corrected chi connectivity index (χ1v) is 9.29. The van der Waals surface area contributed by atoms with Crippen LogP contribution in [0.1, 0.15) is 35.4 Å². The van der Waals surface area contributed by atoms with E-state index >= 15 is 0 Å². The van der Waals surface area contributed by atoms with Crippen molar-refractivity contribution in [2.75, 3.05) is 13.6 Å². The van der Waals surface area contributed by atoms with Crippen LogP contribution in [0.4, 0.5) is 13.2 Å². The molecule has 0 aliphatic rings. The standard InChI is InChI=1S/C22H20F3N3O2.ClH/c1-27(12-5-9-21(29)30)15-18-19(28-13-3-2-8-20(28)26-18)11-10-16-6-4-7-17(14-16)22(23,24)25;/h2-4,6-8,13-14H,5,9,12,15H2,1H3,(H,29,30);1H.